The number of hydrogen-bond donors (Lipinski definition) is 2. The lowest BCUT2D eigenvalue weighted by Gasteiger charge is -2.27. The largest absolute Gasteiger partial charge is 0.444 e. The maximum absolute atomic E-state index is 11.7. The molecule has 4 nitrogen and oxygen atoms in total. The summed E-state index contributed by atoms with van der Waals surface area (Å²) in [5.41, 5.74) is 5.59. The SMILES string of the molecule is CC(C)(C)OC(=O)N[C@@H]1CC/C=C/CC[C@H]1N. The van der Waals surface area contributed by atoms with Crippen LogP contribution in [-0.4, -0.2) is 23.8 Å². The van der Waals surface area contributed by atoms with E-state index >= 15 is 0 Å². The molecule has 1 aliphatic rings. The highest BCUT2D eigenvalue weighted by molar-refractivity contribution is 5.68. The third-order valence-electron chi connectivity index (χ3n) is 2.70. The maximum atomic E-state index is 11.7. The van der Waals surface area contributed by atoms with Crippen LogP contribution in [0.15, 0.2) is 12.2 Å². The van der Waals surface area contributed by atoms with Gasteiger partial charge in [-0.2, -0.15) is 0 Å². The predicted octanol–water partition coefficient (Wildman–Crippen LogP) is 2.34. The summed E-state index contributed by atoms with van der Waals surface area (Å²) in [6.45, 7) is 5.56. The molecule has 0 bridgehead atoms. The highest BCUT2D eigenvalue weighted by Gasteiger charge is 2.23. The average molecular weight is 240 g/mol. The molecule has 0 aromatic rings. The Morgan fingerprint density at radius 2 is 1.88 bits per heavy atom. The van der Waals surface area contributed by atoms with Crippen LogP contribution in [0.5, 0.6) is 0 Å². The van der Waals surface area contributed by atoms with E-state index in [4.69, 9.17) is 10.5 Å². The maximum Gasteiger partial charge on any atom is 0.407 e. The number of carbonyl (C=O) groups excluding carboxylic acids is 1. The molecule has 0 spiro atoms. The van der Waals surface area contributed by atoms with Crippen molar-refractivity contribution >= 4 is 6.09 Å². The Hall–Kier alpha value is -1.03. The van der Waals surface area contributed by atoms with Gasteiger partial charge >= 0.3 is 6.09 Å². The molecule has 98 valence electrons. The van der Waals surface area contributed by atoms with E-state index in [-0.39, 0.29) is 18.2 Å². The zero-order chi connectivity index (χ0) is 12.9. The molecular formula is C13H24N2O2. The molecule has 17 heavy (non-hydrogen) atoms. The summed E-state index contributed by atoms with van der Waals surface area (Å²) < 4.78 is 5.24. The standard InChI is InChI=1S/C13H24N2O2/c1-13(2,3)17-12(16)15-11-9-7-5-4-6-8-10(11)14/h4-5,10-11H,6-9,14H2,1-3H3,(H,15,16)/b5-4+/t10-,11-/m1/s1. The van der Waals surface area contributed by atoms with E-state index in [9.17, 15) is 4.79 Å². The summed E-state index contributed by atoms with van der Waals surface area (Å²) in [5, 5.41) is 2.87. The summed E-state index contributed by atoms with van der Waals surface area (Å²) in [6, 6.07) is 0.0160. The van der Waals surface area contributed by atoms with Crippen molar-refractivity contribution in [3.05, 3.63) is 12.2 Å². The molecule has 1 amide bonds. The number of nitrogens with two attached hydrogens (primary N) is 1. The van der Waals surface area contributed by atoms with E-state index in [2.05, 4.69) is 17.5 Å². The van der Waals surface area contributed by atoms with Gasteiger partial charge in [0.1, 0.15) is 5.60 Å². The molecule has 0 aromatic heterocycles. The molecule has 0 heterocycles. The minimum atomic E-state index is -0.463. The predicted molar refractivity (Wildman–Crippen MR) is 68.7 cm³/mol. The van der Waals surface area contributed by atoms with Crippen LogP contribution in [0.3, 0.4) is 0 Å². The number of carbonyl (C=O) groups is 1. The van der Waals surface area contributed by atoms with E-state index in [1.54, 1.807) is 0 Å². The molecular weight excluding hydrogens is 216 g/mol. The minimum absolute atomic E-state index is 0.00692. The van der Waals surface area contributed by atoms with Gasteiger partial charge in [0.2, 0.25) is 0 Å². The van der Waals surface area contributed by atoms with Crippen molar-refractivity contribution in [2.24, 2.45) is 5.73 Å². The molecule has 0 fully saturated rings. The van der Waals surface area contributed by atoms with Gasteiger partial charge in [-0.25, -0.2) is 4.79 Å². The number of rotatable bonds is 1. The van der Waals surface area contributed by atoms with Crippen molar-refractivity contribution in [1.82, 2.24) is 5.32 Å². The minimum Gasteiger partial charge on any atom is -0.444 e. The quantitative estimate of drug-likeness (QED) is 0.691. The first kappa shape index (κ1) is 14.0. The van der Waals surface area contributed by atoms with Crippen LogP contribution in [-0.2, 0) is 4.74 Å². The van der Waals surface area contributed by atoms with Crippen LogP contribution in [0, 0.1) is 0 Å². The summed E-state index contributed by atoms with van der Waals surface area (Å²) in [7, 11) is 0. The van der Waals surface area contributed by atoms with Crippen LogP contribution in [0.2, 0.25) is 0 Å². The number of allylic oxidation sites excluding steroid dienone is 2. The summed E-state index contributed by atoms with van der Waals surface area (Å²) in [5.74, 6) is 0. The van der Waals surface area contributed by atoms with Gasteiger partial charge in [0, 0.05) is 12.1 Å². The van der Waals surface area contributed by atoms with Gasteiger partial charge in [0.05, 0.1) is 0 Å². The van der Waals surface area contributed by atoms with Crippen LogP contribution in [0.25, 0.3) is 0 Å². The third-order valence-corrected chi connectivity index (χ3v) is 2.70. The van der Waals surface area contributed by atoms with Crippen LogP contribution in [0.4, 0.5) is 4.79 Å². The summed E-state index contributed by atoms with van der Waals surface area (Å²) >= 11 is 0. The summed E-state index contributed by atoms with van der Waals surface area (Å²) in [6.07, 6.45) is 7.64. The van der Waals surface area contributed by atoms with Gasteiger partial charge in [-0.1, -0.05) is 12.2 Å². The Labute approximate surface area is 104 Å². The second-order valence-corrected chi connectivity index (χ2v) is 5.54. The molecule has 1 aliphatic carbocycles. The van der Waals surface area contributed by atoms with Gasteiger partial charge in [-0.3, -0.25) is 0 Å². The second kappa shape index (κ2) is 6.05. The normalized spacial score (nSPS) is 27.8. The van der Waals surface area contributed by atoms with Crippen molar-refractivity contribution in [2.75, 3.05) is 0 Å². The third kappa shape index (κ3) is 5.73. The molecule has 3 N–H and O–H groups in total. The van der Waals surface area contributed by atoms with Crippen molar-refractivity contribution in [3.63, 3.8) is 0 Å². The summed E-state index contributed by atoms with van der Waals surface area (Å²) in [4.78, 5) is 11.7. The zero-order valence-corrected chi connectivity index (χ0v) is 11.0. The molecule has 1 rings (SSSR count). The highest BCUT2D eigenvalue weighted by Crippen LogP contribution is 2.13. The number of alkyl carbamates (subject to hydrolysis) is 1. The highest BCUT2D eigenvalue weighted by atomic mass is 16.6. The average Bonchev–Trinajstić information content (AvgIpc) is 2.15. The van der Waals surface area contributed by atoms with Crippen LogP contribution >= 0.6 is 0 Å². The number of amides is 1. The fraction of sp³-hybridized carbons (Fsp3) is 0.769. The Morgan fingerprint density at radius 1 is 1.29 bits per heavy atom. The fourth-order valence-corrected chi connectivity index (χ4v) is 1.85. The monoisotopic (exact) mass is 240 g/mol. The first-order valence-corrected chi connectivity index (χ1v) is 6.28. The molecule has 0 saturated heterocycles. The van der Waals surface area contributed by atoms with Crippen molar-refractivity contribution in [2.45, 2.75) is 64.1 Å². The Morgan fingerprint density at radius 3 is 2.47 bits per heavy atom. The van der Waals surface area contributed by atoms with Crippen molar-refractivity contribution < 1.29 is 9.53 Å². The molecule has 0 radical (unpaired) electrons. The molecule has 0 unspecified atom stereocenters. The Kier molecular flexibility index (Phi) is 5.00. The van der Waals surface area contributed by atoms with Gasteiger partial charge < -0.3 is 15.8 Å². The number of ether oxygens (including phenoxy) is 1. The van der Waals surface area contributed by atoms with Crippen LogP contribution in [0.1, 0.15) is 46.5 Å². The lowest BCUT2D eigenvalue weighted by Crippen LogP contribution is -2.49. The van der Waals surface area contributed by atoms with Crippen molar-refractivity contribution in [1.29, 1.82) is 0 Å². The van der Waals surface area contributed by atoms with E-state index in [1.165, 1.54) is 0 Å². The van der Waals surface area contributed by atoms with Gasteiger partial charge in [-0.15, -0.1) is 0 Å². The lowest BCUT2D eigenvalue weighted by atomic mass is 9.96. The van der Waals surface area contributed by atoms with E-state index in [0.29, 0.717) is 0 Å². The molecule has 2 atom stereocenters. The Balaban J connectivity index is 2.47. The van der Waals surface area contributed by atoms with E-state index in [1.807, 2.05) is 20.8 Å². The zero-order valence-electron chi connectivity index (χ0n) is 11.0. The second-order valence-electron chi connectivity index (χ2n) is 5.54. The van der Waals surface area contributed by atoms with E-state index in [0.717, 1.165) is 25.7 Å². The topological polar surface area (TPSA) is 64.3 Å². The molecule has 0 aliphatic heterocycles. The number of hydrogen-bond acceptors (Lipinski definition) is 3. The van der Waals surface area contributed by atoms with Gasteiger partial charge in [0.15, 0.2) is 0 Å². The lowest BCUT2D eigenvalue weighted by molar-refractivity contribution is 0.0492. The molecule has 4 heteroatoms. The molecule has 0 aromatic carbocycles. The first-order chi connectivity index (χ1) is 7.88. The fourth-order valence-electron chi connectivity index (χ4n) is 1.85. The smallest absolute Gasteiger partial charge is 0.407 e. The molecule has 0 saturated carbocycles. The van der Waals surface area contributed by atoms with Gasteiger partial charge in [0.25, 0.3) is 0 Å². The van der Waals surface area contributed by atoms with Crippen molar-refractivity contribution in [3.8, 4) is 0 Å². The Bertz CT molecular complexity index is 282. The number of nitrogens with one attached hydrogen (secondary N) is 1. The van der Waals surface area contributed by atoms with E-state index < -0.39 is 5.60 Å². The first-order valence-electron chi connectivity index (χ1n) is 6.28. The van der Waals surface area contributed by atoms with Gasteiger partial charge in [-0.05, 0) is 46.5 Å². The van der Waals surface area contributed by atoms with Crippen LogP contribution < -0.4 is 11.1 Å².